The van der Waals surface area contributed by atoms with Crippen molar-refractivity contribution >= 4 is 6.16 Å². The second-order valence-corrected chi connectivity index (χ2v) is 6.27. The smallest absolute Gasteiger partial charge is 0.430 e. The third-order valence-corrected chi connectivity index (χ3v) is 4.55. The molecule has 1 aliphatic heterocycles. The van der Waals surface area contributed by atoms with Crippen molar-refractivity contribution in [2.45, 2.75) is 77.7 Å². The molecule has 1 unspecified atom stereocenters. The van der Waals surface area contributed by atoms with Crippen molar-refractivity contribution in [1.82, 2.24) is 0 Å². The van der Waals surface area contributed by atoms with Gasteiger partial charge in [-0.2, -0.15) is 0 Å². The molecule has 4 heteroatoms. The van der Waals surface area contributed by atoms with E-state index in [9.17, 15) is 4.79 Å². The van der Waals surface area contributed by atoms with Crippen LogP contribution in [0.1, 0.15) is 71.6 Å². The van der Waals surface area contributed by atoms with Gasteiger partial charge in [0.25, 0.3) is 0 Å². The second-order valence-electron chi connectivity index (χ2n) is 6.27. The van der Waals surface area contributed by atoms with Gasteiger partial charge in [0.05, 0.1) is 0 Å². The first-order valence-electron chi connectivity index (χ1n) is 8.63. The summed E-state index contributed by atoms with van der Waals surface area (Å²) in [5.41, 5.74) is 0. The van der Waals surface area contributed by atoms with Crippen LogP contribution < -0.4 is 0 Å². The third kappa shape index (κ3) is 7.70. The Morgan fingerprint density at radius 3 is 2.19 bits per heavy atom. The van der Waals surface area contributed by atoms with E-state index in [4.69, 9.17) is 5.11 Å². The summed E-state index contributed by atoms with van der Waals surface area (Å²) in [6.07, 6.45) is 11.2. The Kier molecular flexibility index (Phi) is 9.48. The largest absolute Gasteiger partial charge is 0.508 e. The van der Waals surface area contributed by atoms with E-state index in [1.165, 1.54) is 51.4 Å². The molecule has 1 saturated carbocycles. The molecule has 0 radical (unpaired) electrons. The fraction of sp³-hybridized carbons (Fsp3) is 0.941. The van der Waals surface area contributed by atoms with Gasteiger partial charge in [0.2, 0.25) is 0 Å². The first-order valence-corrected chi connectivity index (χ1v) is 8.63. The number of ether oxygens (including phenoxy) is 2. The van der Waals surface area contributed by atoms with Crippen molar-refractivity contribution in [3.63, 3.8) is 0 Å². The number of unbranched alkanes of at least 4 members (excludes halogenated alkanes) is 2. The molecule has 2 fully saturated rings. The molecule has 21 heavy (non-hydrogen) atoms. The Bertz CT molecular complexity index is 269. The van der Waals surface area contributed by atoms with Gasteiger partial charge in [-0.3, -0.25) is 0 Å². The average Bonchev–Trinajstić information content (AvgIpc) is 2.95. The van der Waals surface area contributed by atoms with E-state index < -0.39 is 6.16 Å². The highest BCUT2D eigenvalue weighted by atomic mass is 16.8. The zero-order valence-corrected chi connectivity index (χ0v) is 13.7. The van der Waals surface area contributed by atoms with E-state index in [2.05, 4.69) is 16.4 Å². The predicted octanol–water partition coefficient (Wildman–Crippen LogP) is 4.30. The topological polar surface area (TPSA) is 55.8 Å². The van der Waals surface area contributed by atoms with Gasteiger partial charge in [-0.05, 0) is 31.1 Å². The van der Waals surface area contributed by atoms with Crippen LogP contribution in [-0.2, 0) is 9.47 Å². The van der Waals surface area contributed by atoms with Gasteiger partial charge in [-0.25, -0.2) is 4.79 Å². The van der Waals surface area contributed by atoms with E-state index in [0.717, 1.165) is 12.3 Å². The van der Waals surface area contributed by atoms with Crippen molar-refractivity contribution in [2.24, 2.45) is 11.8 Å². The van der Waals surface area contributed by atoms with Crippen LogP contribution in [0.3, 0.4) is 0 Å². The van der Waals surface area contributed by atoms with Crippen LogP contribution in [0.2, 0.25) is 0 Å². The van der Waals surface area contributed by atoms with Gasteiger partial charge in [0.15, 0.2) is 0 Å². The van der Waals surface area contributed by atoms with E-state index in [1.54, 1.807) is 0 Å². The molecule has 0 amide bonds. The third-order valence-electron chi connectivity index (χ3n) is 4.55. The molecule has 0 bridgehead atoms. The quantitative estimate of drug-likeness (QED) is 0.587. The maximum atomic E-state index is 10.2. The van der Waals surface area contributed by atoms with Gasteiger partial charge in [-0.1, -0.05) is 52.4 Å². The molecule has 1 saturated heterocycles. The van der Waals surface area contributed by atoms with Gasteiger partial charge >= 0.3 is 6.16 Å². The Labute approximate surface area is 129 Å². The molecule has 0 aromatic heterocycles. The number of hydrogen-bond acceptors (Lipinski definition) is 4. The first kappa shape index (κ1) is 18.3. The summed E-state index contributed by atoms with van der Waals surface area (Å²) in [6, 6.07) is 0. The highest BCUT2D eigenvalue weighted by Crippen LogP contribution is 2.31. The molecule has 1 N–H and O–H groups in total. The van der Waals surface area contributed by atoms with Crippen molar-refractivity contribution < 1.29 is 19.4 Å². The van der Waals surface area contributed by atoms with Gasteiger partial charge in [0.1, 0.15) is 12.7 Å². The lowest BCUT2D eigenvalue weighted by Gasteiger charge is -2.27. The minimum Gasteiger partial charge on any atom is -0.430 e. The van der Waals surface area contributed by atoms with Crippen LogP contribution in [0.15, 0.2) is 0 Å². The van der Waals surface area contributed by atoms with Crippen molar-refractivity contribution in [3.05, 3.63) is 0 Å². The summed E-state index contributed by atoms with van der Waals surface area (Å²) in [6.45, 7) is 5.06. The minimum absolute atomic E-state index is 0.00231. The number of cyclic esters (lactones) is 2. The number of carbonyl (C=O) groups excluding carboxylic acids is 1. The molecule has 0 spiro atoms. The van der Waals surface area contributed by atoms with E-state index in [-0.39, 0.29) is 6.10 Å². The maximum absolute atomic E-state index is 10.2. The molecule has 2 aliphatic rings. The SMILES string of the molecule is CCC1COC(=O)O1.CCCCCC1CCC(CO)CC1. The standard InChI is InChI=1S/C12H24O.C5H8O3/c1-2-3-4-5-11-6-8-12(10-13)9-7-11;1-2-4-3-7-5(6)8-4/h11-13H,2-10H2,1H3;4H,2-3H2,1H3. The van der Waals surface area contributed by atoms with Gasteiger partial charge in [-0.15, -0.1) is 0 Å². The zero-order chi connectivity index (χ0) is 15.5. The molecule has 1 heterocycles. The van der Waals surface area contributed by atoms with Crippen molar-refractivity contribution in [2.75, 3.05) is 13.2 Å². The van der Waals surface area contributed by atoms with E-state index in [0.29, 0.717) is 19.1 Å². The van der Waals surface area contributed by atoms with Gasteiger partial charge in [0, 0.05) is 6.61 Å². The van der Waals surface area contributed by atoms with Crippen LogP contribution in [0, 0.1) is 11.8 Å². The Balaban J connectivity index is 0.000000235. The number of carbonyl (C=O) groups is 1. The molecule has 1 atom stereocenters. The minimum atomic E-state index is -0.531. The molecular weight excluding hydrogens is 268 g/mol. The zero-order valence-electron chi connectivity index (χ0n) is 13.7. The molecule has 124 valence electrons. The fourth-order valence-electron chi connectivity index (χ4n) is 2.95. The fourth-order valence-corrected chi connectivity index (χ4v) is 2.95. The Morgan fingerprint density at radius 1 is 1.10 bits per heavy atom. The van der Waals surface area contributed by atoms with Crippen LogP contribution in [-0.4, -0.2) is 30.6 Å². The van der Waals surface area contributed by atoms with Crippen molar-refractivity contribution in [3.8, 4) is 0 Å². The second kappa shape index (κ2) is 10.9. The first-order chi connectivity index (χ1) is 10.2. The summed E-state index contributed by atoms with van der Waals surface area (Å²) in [7, 11) is 0. The molecule has 1 aliphatic carbocycles. The van der Waals surface area contributed by atoms with Crippen LogP contribution in [0.5, 0.6) is 0 Å². The number of rotatable bonds is 6. The summed E-state index contributed by atoms with van der Waals surface area (Å²) >= 11 is 0. The van der Waals surface area contributed by atoms with Crippen LogP contribution in [0.4, 0.5) is 4.79 Å². The lowest BCUT2D eigenvalue weighted by Crippen LogP contribution is -2.17. The highest BCUT2D eigenvalue weighted by Gasteiger charge is 2.22. The summed E-state index contributed by atoms with van der Waals surface area (Å²) < 4.78 is 9.14. The Hall–Kier alpha value is -0.770. The van der Waals surface area contributed by atoms with E-state index in [1.807, 2.05) is 6.92 Å². The Morgan fingerprint density at radius 2 is 1.76 bits per heavy atom. The van der Waals surface area contributed by atoms with Gasteiger partial charge < -0.3 is 14.6 Å². The normalized spacial score (nSPS) is 28.3. The number of hydrogen-bond donors (Lipinski definition) is 1. The molecule has 4 nitrogen and oxygen atoms in total. The lowest BCUT2D eigenvalue weighted by molar-refractivity contribution is 0.117. The maximum Gasteiger partial charge on any atom is 0.508 e. The van der Waals surface area contributed by atoms with Crippen molar-refractivity contribution in [1.29, 1.82) is 0 Å². The van der Waals surface area contributed by atoms with Crippen LogP contribution in [0.25, 0.3) is 0 Å². The number of aliphatic hydroxyl groups is 1. The average molecular weight is 300 g/mol. The summed E-state index contributed by atoms with van der Waals surface area (Å²) in [5, 5.41) is 8.99. The predicted molar refractivity (Wildman–Crippen MR) is 83.2 cm³/mol. The molecule has 0 aromatic rings. The highest BCUT2D eigenvalue weighted by molar-refractivity contribution is 5.61. The lowest BCUT2D eigenvalue weighted by atomic mass is 9.80. The molecule has 0 aromatic carbocycles. The number of aliphatic hydroxyl groups excluding tert-OH is 1. The monoisotopic (exact) mass is 300 g/mol. The summed E-state index contributed by atoms with van der Waals surface area (Å²) in [4.78, 5) is 10.2. The molecule has 2 rings (SSSR count). The summed E-state index contributed by atoms with van der Waals surface area (Å²) in [5.74, 6) is 1.61. The van der Waals surface area contributed by atoms with Crippen LogP contribution >= 0.6 is 0 Å². The molecular formula is C17H32O4. The van der Waals surface area contributed by atoms with E-state index >= 15 is 0 Å².